The summed E-state index contributed by atoms with van der Waals surface area (Å²) in [7, 11) is -6.42. The van der Waals surface area contributed by atoms with Gasteiger partial charge in [-0.2, -0.15) is 0 Å². The van der Waals surface area contributed by atoms with Crippen molar-refractivity contribution >= 4 is 7.00 Å². The zero-order valence-electron chi connectivity index (χ0n) is 9.94. The molecule has 1 aromatic rings. The second-order valence-corrected chi connectivity index (χ2v) is 7.22. The van der Waals surface area contributed by atoms with Crippen LogP contribution in [0, 0.1) is 0 Å². The van der Waals surface area contributed by atoms with Crippen LogP contribution in [0.5, 0.6) is 11.5 Å². The molecule has 2 rings (SSSR count). The molecule has 106 valence electrons. The predicted molar refractivity (Wildman–Crippen MR) is 71.2 cm³/mol. The van der Waals surface area contributed by atoms with Crippen LogP contribution < -0.4 is 9.05 Å². The quantitative estimate of drug-likeness (QED) is 0.314. The first kappa shape index (κ1) is 13.9. The van der Waals surface area contributed by atoms with E-state index in [9.17, 15) is 0 Å². The van der Waals surface area contributed by atoms with Crippen LogP contribution in [0.4, 0.5) is 0 Å². The van der Waals surface area contributed by atoms with E-state index in [0.29, 0.717) is 0 Å². The van der Waals surface area contributed by atoms with Crippen molar-refractivity contribution in [2.45, 2.75) is 0 Å². The summed E-state index contributed by atoms with van der Waals surface area (Å²) in [4.78, 5) is 22.1. The van der Waals surface area contributed by atoms with Gasteiger partial charge in [0, 0.05) is 0 Å². The first-order valence-electron chi connectivity index (χ1n) is 5.00. The summed E-state index contributed by atoms with van der Waals surface area (Å²) >= 11 is 0. The Labute approximate surface area is 114 Å². The van der Waals surface area contributed by atoms with Crippen LogP contribution in [-0.4, -0.2) is 0 Å². The van der Waals surface area contributed by atoms with Gasteiger partial charge in [0.25, 0.3) is 0 Å². The fourth-order valence-corrected chi connectivity index (χ4v) is 4.05. The fourth-order valence-electron chi connectivity index (χ4n) is 1.65. The molecule has 0 amide bonds. The summed E-state index contributed by atoms with van der Waals surface area (Å²) in [5.41, 5.74) is 35.1. The van der Waals surface area contributed by atoms with Gasteiger partial charge in [-0.05, 0) is 0 Å². The van der Waals surface area contributed by atoms with E-state index in [1.54, 1.807) is 0 Å². The average molecular weight is 307 g/mol. The summed E-state index contributed by atoms with van der Waals surface area (Å²) in [6.07, 6.45) is 0. The van der Waals surface area contributed by atoms with Crippen LogP contribution in [0.3, 0.4) is 0 Å². The molecule has 0 aromatic heterocycles. The van der Waals surface area contributed by atoms with Crippen molar-refractivity contribution in [3.63, 3.8) is 0 Å². The summed E-state index contributed by atoms with van der Waals surface area (Å²) in [6.45, 7) is 0. The van der Waals surface area contributed by atoms with E-state index in [4.69, 9.17) is 31.2 Å². The van der Waals surface area contributed by atoms with Crippen molar-refractivity contribution in [3.05, 3.63) is 66.0 Å². The Bertz CT molecular complexity index is 719. The minimum atomic E-state index is -6.42. The third kappa shape index (κ3) is 1.67. The summed E-state index contributed by atoms with van der Waals surface area (Å²) < 4.78 is 10.5. The minimum absolute atomic E-state index is 0.0762. The Kier molecular flexibility index (Phi) is 2.64. The Hall–Kier alpha value is -3.51. The zero-order chi connectivity index (χ0) is 15.5. The van der Waals surface area contributed by atoms with E-state index < -0.39 is 7.00 Å². The third-order valence-corrected chi connectivity index (χ3v) is 5.44. The topological polar surface area (TPSA) is 213 Å². The van der Waals surface area contributed by atoms with Crippen LogP contribution in [0.25, 0.3) is 41.8 Å². The van der Waals surface area contributed by atoms with E-state index in [1.807, 2.05) is 0 Å². The summed E-state index contributed by atoms with van der Waals surface area (Å²) in [5.74, 6) is -0.152. The Morgan fingerprint density at radius 2 is 1.05 bits per heavy atom. The van der Waals surface area contributed by atoms with Crippen LogP contribution >= 0.6 is 7.00 Å². The molecule has 0 spiro atoms. The molecule has 1 aromatic carbocycles. The maximum absolute atomic E-state index is 8.76. The Balaban J connectivity index is 3.05. The first-order chi connectivity index (χ1) is 10.0. The molecule has 1 aliphatic rings. The molecule has 0 atom stereocenters. The number of hydrogen-bond donors (Lipinski definition) is 0. The molecule has 21 heavy (non-hydrogen) atoms. The van der Waals surface area contributed by atoms with E-state index in [0.717, 1.165) is 0 Å². The molecule has 0 aliphatic carbocycles. The zero-order valence-corrected chi connectivity index (χ0v) is 10.8. The van der Waals surface area contributed by atoms with Crippen LogP contribution in [0.1, 0.15) is 0 Å². The second kappa shape index (κ2) is 3.99. The van der Waals surface area contributed by atoms with Gasteiger partial charge in [0.05, 0.1) is 0 Å². The van der Waals surface area contributed by atoms with Gasteiger partial charge in [-0.15, -0.1) is 0 Å². The van der Waals surface area contributed by atoms with Crippen molar-refractivity contribution in [1.82, 2.24) is 0 Å². The van der Waals surface area contributed by atoms with Crippen molar-refractivity contribution < 1.29 is 9.05 Å². The van der Waals surface area contributed by atoms with Crippen LogP contribution in [-0.2, 0) is 0 Å². The Morgan fingerprint density at radius 3 is 1.33 bits per heavy atom. The SMILES string of the molecule is [N-]=[N+]=N[P-]1(N=[N+]=[N-])(N=[N+]=[N-])(N=[N+]=[N-])Oc2ccccc2O1. The van der Waals surface area contributed by atoms with Gasteiger partial charge in [-0.25, -0.2) is 0 Å². The molecule has 0 saturated heterocycles. The molecule has 0 unspecified atom stereocenters. The predicted octanol–water partition coefficient (Wildman–Crippen LogP) is 5.28. The molecule has 0 radical (unpaired) electrons. The van der Waals surface area contributed by atoms with E-state index >= 15 is 0 Å². The number of hydrogen-bond acceptors (Lipinski definition) is 6. The second-order valence-electron chi connectivity index (χ2n) is 3.61. The number of azide groups is 1. The van der Waals surface area contributed by atoms with Gasteiger partial charge in [-0.1, -0.05) is 0 Å². The molecule has 0 saturated carbocycles. The van der Waals surface area contributed by atoms with Gasteiger partial charge >= 0.3 is 113 Å². The number of para-hydroxylation sites is 2. The molecule has 0 bridgehead atoms. The van der Waals surface area contributed by atoms with Gasteiger partial charge in [0.2, 0.25) is 0 Å². The molecule has 15 heteroatoms. The van der Waals surface area contributed by atoms with Gasteiger partial charge in [0.15, 0.2) is 0 Å². The molecule has 0 fully saturated rings. The summed E-state index contributed by atoms with van der Waals surface area (Å²) in [5, 5.41) is 0. The Morgan fingerprint density at radius 1 is 0.714 bits per heavy atom. The van der Waals surface area contributed by atoms with Crippen LogP contribution in [0.15, 0.2) is 43.8 Å². The molecule has 1 heterocycles. The van der Waals surface area contributed by atoms with Crippen molar-refractivity contribution in [1.29, 1.82) is 0 Å². The van der Waals surface area contributed by atoms with Crippen molar-refractivity contribution in [3.8, 4) is 11.5 Å². The van der Waals surface area contributed by atoms with Crippen LogP contribution in [0.2, 0.25) is 0 Å². The average Bonchev–Trinajstić information content (AvgIpc) is 2.72. The van der Waals surface area contributed by atoms with E-state index in [-0.39, 0.29) is 11.5 Å². The number of nitrogens with zero attached hydrogens (tertiary/aromatic N) is 12. The number of fused-ring (bicyclic) bond motifs is 1. The first-order valence-corrected chi connectivity index (χ1v) is 7.33. The van der Waals surface area contributed by atoms with Crippen molar-refractivity contribution in [2.24, 2.45) is 19.5 Å². The van der Waals surface area contributed by atoms with Gasteiger partial charge in [0.1, 0.15) is 0 Å². The third-order valence-electron chi connectivity index (χ3n) is 2.38. The number of benzene rings is 1. The maximum atomic E-state index is 8.76. The normalized spacial score (nSPS) is 21.1. The molecule has 1 aliphatic heterocycles. The monoisotopic (exact) mass is 307 g/mol. The molecular formula is C6H4N12O2P-. The molecule has 14 nitrogen and oxygen atoms in total. The molecular weight excluding hydrogens is 303 g/mol. The van der Waals surface area contributed by atoms with Gasteiger partial charge in [-0.3, -0.25) is 0 Å². The van der Waals surface area contributed by atoms with Gasteiger partial charge < -0.3 is 0 Å². The van der Waals surface area contributed by atoms with Crippen molar-refractivity contribution in [2.75, 3.05) is 0 Å². The molecule has 0 N–H and O–H groups in total. The van der Waals surface area contributed by atoms with E-state index in [2.05, 4.69) is 39.2 Å². The van der Waals surface area contributed by atoms with E-state index in [1.165, 1.54) is 24.3 Å². The number of rotatable bonds is 4. The summed E-state index contributed by atoms with van der Waals surface area (Å²) in [6, 6.07) is 5.75. The standard InChI is InChI=1S/C6H4N12O2P/c7-11-15-21(16-12-8,17-13-9,18-14-10)19-5-3-1-2-4-6(5)20-21/h1-4H/q-1. The fraction of sp³-hybridized carbons (Fsp3) is 0.